The van der Waals surface area contributed by atoms with E-state index in [0.29, 0.717) is 18.7 Å². The third-order valence-corrected chi connectivity index (χ3v) is 5.21. The van der Waals surface area contributed by atoms with E-state index in [2.05, 4.69) is 10.6 Å². The molecule has 28 heavy (non-hydrogen) atoms. The number of thioether (sulfide) groups is 1. The summed E-state index contributed by atoms with van der Waals surface area (Å²) in [7, 11) is -3.74. The highest BCUT2D eigenvalue weighted by Gasteiger charge is 2.21. The van der Waals surface area contributed by atoms with Crippen molar-refractivity contribution in [2.75, 3.05) is 18.6 Å². The van der Waals surface area contributed by atoms with Crippen LogP contribution in [0.1, 0.15) is 12.0 Å². The van der Waals surface area contributed by atoms with Gasteiger partial charge in [-0.2, -0.15) is 17.0 Å². The quantitative estimate of drug-likeness (QED) is 0.221. The maximum Gasteiger partial charge on any atom is 0.326 e. The molecule has 0 heterocycles. The zero-order chi connectivity index (χ0) is 21.2. The number of rotatable bonds is 11. The fraction of sp³-hybridized carbons (Fsp3) is 0.353. The molecule has 0 bridgehead atoms. The van der Waals surface area contributed by atoms with Crippen molar-refractivity contribution < 1.29 is 23.1 Å². The van der Waals surface area contributed by atoms with Gasteiger partial charge >= 0.3 is 5.97 Å². The first-order valence-corrected chi connectivity index (χ1v) is 11.1. The van der Waals surface area contributed by atoms with E-state index in [0.717, 1.165) is 5.56 Å². The van der Waals surface area contributed by atoms with Gasteiger partial charge < -0.3 is 15.7 Å². The lowest BCUT2D eigenvalue weighted by Crippen LogP contribution is -2.41. The van der Waals surface area contributed by atoms with Crippen LogP contribution >= 0.6 is 11.8 Å². The molecule has 1 aromatic rings. The van der Waals surface area contributed by atoms with E-state index >= 15 is 0 Å². The van der Waals surface area contributed by atoms with Crippen molar-refractivity contribution in [1.82, 2.24) is 10.6 Å². The summed E-state index contributed by atoms with van der Waals surface area (Å²) in [6.07, 6.45) is 3.81. The highest BCUT2D eigenvalue weighted by Crippen LogP contribution is 2.09. The molecule has 1 atom stereocenters. The number of carboxylic acids is 1. The maximum atomic E-state index is 12.1. The zero-order valence-corrected chi connectivity index (χ0v) is 16.8. The van der Waals surface area contributed by atoms with Crippen molar-refractivity contribution in [3.63, 3.8) is 0 Å². The van der Waals surface area contributed by atoms with Crippen molar-refractivity contribution in [3.8, 4) is 6.07 Å². The molecule has 0 aliphatic rings. The third kappa shape index (κ3) is 7.99. The van der Waals surface area contributed by atoms with Gasteiger partial charge in [0.25, 0.3) is 5.91 Å². The average molecular weight is 427 g/mol. The Labute approximate surface area is 168 Å². The number of nitrogens with zero attached hydrogens (tertiary/aromatic N) is 1. The summed E-state index contributed by atoms with van der Waals surface area (Å²) in [5.41, 5.74) is 0.597. The molecule has 1 unspecified atom stereocenters. The molecule has 0 saturated heterocycles. The number of carbonyl (C=O) groups is 2. The number of hydrogen-bond donors (Lipinski definition) is 4. The summed E-state index contributed by atoms with van der Waals surface area (Å²) in [4.78, 5) is 23.3. The van der Waals surface area contributed by atoms with Gasteiger partial charge in [-0.1, -0.05) is 12.1 Å². The predicted octanol–water partition coefficient (Wildman–Crippen LogP) is 0.196. The molecule has 5 N–H and O–H groups in total. The predicted molar refractivity (Wildman–Crippen MR) is 106 cm³/mol. The number of amides is 1. The Hall–Kier alpha value is -2.55. The Bertz CT molecular complexity index is 861. The van der Waals surface area contributed by atoms with E-state index in [4.69, 9.17) is 15.5 Å². The number of hydrogen-bond acceptors (Lipinski definition) is 7. The van der Waals surface area contributed by atoms with Gasteiger partial charge in [-0.25, -0.2) is 18.4 Å². The number of sulfonamides is 1. The molecule has 1 amide bonds. The molecule has 0 saturated carbocycles. The number of carbonyl (C=O) groups excluding carboxylic acids is 1. The van der Waals surface area contributed by atoms with E-state index in [9.17, 15) is 18.0 Å². The number of benzene rings is 1. The first-order chi connectivity index (χ1) is 13.2. The van der Waals surface area contributed by atoms with Crippen LogP contribution in [0.4, 0.5) is 0 Å². The van der Waals surface area contributed by atoms with Gasteiger partial charge in [0.15, 0.2) is 0 Å². The van der Waals surface area contributed by atoms with Crippen molar-refractivity contribution in [2.24, 2.45) is 5.14 Å². The van der Waals surface area contributed by atoms with E-state index < -0.39 is 27.9 Å². The summed E-state index contributed by atoms with van der Waals surface area (Å²) < 4.78 is 22.4. The fourth-order valence-corrected chi connectivity index (χ4v) is 3.10. The lowest BCUT2D eigenvalue weighted by molar-refractivity contribution is -0.141. The average Bonchev–Trinajstić information content (AvgIpc) is 2.64. The van der Waals surface area contributed by atoms with Crippen LogP contribution in [-0.2, 0) is 26.0 Å². The monoisotopic (exact) mass is 426 g/mol. The van der Waals surface area contributed by atoms with Gasteiger partial charge in [0.1, 0.15) is 17.7 Å². The second-order valence-electron chi connectivity index (χ2n) is 5.71. The molecule has 0 aliphatic carbocycles. The first kappa shape index (κ1) is 23.5. The Morgan fingerprint density at radius 2 is 2.00 bits per heavy atom. The number of carboxylic acid groups (broad SMARTS) is 1. The first-order valence-electron chi connectivity index (χ1n) is 8.17. The Morgan fingerprint density at radius 1 is 1.36 bits per heavy atom. The minimum atomic E-state index is -3.74. The molecular formula is C17H22N4O5S2. The number of aliphatic carboxylic acids is 1. The summed E-state index contributed by atoms with van der Waals surface area (Å²) >= 11 is 1.46. The lowest BCUT2D eigenvalue weighted by atomic mass is 10.1. The van der Waals surface area contributed by atoms with Crippen LogP contribution in [0.15, 0.2) is 40.9 Å². The van der Waals surface area contributed by atoms with E-state index in [1.54, 1.807) is 18.2 Å². The standard InChI is InChI=1S/C17H22N4O5S2/c1-27-9-7-15(17(23)24)21-16(22)13(10-18)11-20-8-6-12-2-4-14(5-3-12)28(19,25)26/h2-5,11,15,20H,6-9H2,1H3,(H,21,22)(H,23,24)(H2,19,25,26)/b13-11-. The molecule has 0 aliphatic heterocycles. The maximum absolute atomic E-state index is 12.1. The highest BCUT2D eigenvalue weighted by molar-refractivity contribution is 7.98. The number of nitrogens with one attached hydrogen (secondary N) is 2. The van der Waals surface area contributed by atoms with Crippen molar-refractivity contribution in [3.05, 3.63) is 41.6 Å². The van der Waals surface area contributed by atoms with Gasteiger partial charge in [-0.05, 0) is 42.5 Å². The molecule has 0 aromatic heterocycles. The minimum absolute atomic E-state index is 0.0157. The van der Waals surface area contributed by atoms with Gasteiger partial charge in [-0.15, -0.1) is 0 Å². The Balaban J connectivity index is 2.59. The summed E-state index contributed by atoms with van der Waals surface area (Å²) in [6, 6.07) is 6.70. The third-order valence-electron chi connectivity index (χ3n) is 3.64. The van der Waals surface area contributed by atoms with Crippen LogP contribution in [0, 0.1) is 11.3 Å². The van der Waals surface area contributed by atoms with Crippen molar-refractivity contribution >= 4 is 33.7 Å². The van der Waals surface area contributed by atoms with E-state index in [-0.39, 0.29) is 16.9 Å². The Morgan fingerprint density at radius 3 is 2.50 bits per heavy atom. The van der Waals surface area contributed by atoms with Crippen LogP contribution in [-0.4, -0.2) is 50.0 Å². The molecule has 1 aromatic carbocycles. The zero-order valence-electron chi connectivity index (χ0n) is 15.2. The summed E-state index contributed by atoms with van der Waals surface area (Å²) in [6.45, 7) is 0.377. The van der Waals surface area contributed by atoms with Crippen LogP contribution in [0.25, 0.3) is 0 Å². The van der Waals surface area contributed by atoms with Gasteiger partial charge in [-0.3, -0.25) is 4.79 Å². The number of nitriles is 1. The molecule has 11 heteroatoms. The second-order valence-corrected chi connectivity index (χ2v) is 8.26. The molecule has 152 valence electrons. The second kappa shape index (κ2) is 11.3. The lowest BCUT2D eigenvalue weighted by Gasteiger charge is -2.13. The van der Waals surface area contributed by atoms with Crippen molar-refractivity contribution in [1.29, 1.82) is 5.26 Å². The normalized spacial score (nSPS) is 12.7. The molecule has 0 radical (unpaired) electrons. The van der Waals surface area contributed by atoms with Crippen LogP contribution in [0.2, 0.25) is 0 Å². The fourth-order valence-electron chi connectivity index (χ4n) is 2.11. The smallest absolute Gasteiger partial charge is 0.326 e. The van der Waals surface area contributed by atoms with Crippen LogP contribution < -0.4 is 15.8 Å². The van der Waals surface area contributed by atoms with Crippen LogP contribution in [0.3, 0.4) is 0 Å². The molecule has 0 fully saturated rings. The highest BCUT2D eigenvalue weighted by atomic mass is 32.2. The largest absolute Gasteiger partial charge is 0.480 e. The number of primary sulfonamides is 1. The molecule has 9 nitrogen and oxygen atoms in total. The van der Waals surface area contributed by atoms with E-state index in [1.165, 1.54) is 30.1 Å². The molecular weight excluding hydrogens is 404 g/mol. The SMILES string of the molecule is CSCCC(NC(=O)/C(C#N)=C\NCCc1ccc(S(N)(=O)=O)cc1)C(=O)O. The summed E-state index contributed by atoms with van der Waals surface area (Å²) in [5, 5.41) is 28.4. The molecule has 0 spiro atoms. The van der Waals surface area contributed by atoms with E-state index in [1.807, 2.05) is 6.26 Å². The van der Waals surface area contributed by atoms with Crippen molar-refractivity contribution in [2.45, 2.75) is 23.8 Å². The topological polar surface area (TPSA) is 162 Å². The minimum Gasteiger partial charge on any atom is -0.480 e. The van der Waals surface area contributed by atoms with Gasteiger partial charge in [0.05, 0.1) is 4.90 Å². The Kier molecular flexibility index (Phi) is 9.50. The number of nitrogens with two attached hydrogens (primary N) is 1. The molecule has 1 rings (SSSR count). The van der Waals surface area contributed by atoms with Gasteiger partial charge in [0.2, 0.25) is 10.0 Å². The summed E-state index contributed by atoms with van der Waals surface area (Å²) in [5.74, 6) is -1.36. The van der Waals surface area contributed by atoms with Gasteiger partial charge in [0, 0.05) is 12.7 Å². The van der Waals surface area contributed by atoms with Crippen LogP contribution in [0.5, 0.6) is 0 Å².